The molecule has 1 heterocycles. The van der Waals surface area contributed by atoms with Gasteiger partial charge in [0.15, 0.2) is 5.78 Å². The van der Waals surface area contributed by atoms with Gasteiger partial charge in [0.05, 0.1) is 11.3 Å². The summed E-state index contributed by atoms with van der Waals surface area (Å²) in [6.45, 7) is 1.98. The van der Waals surface area contributed by atoms with Gasteiger partial charge in [-0.3, -0.25) is 4.79 Å². The molecule has 1 aromatic carbocycles. The minimum absolute atomic E-state index is 0.0314. The Labute approximate surface area is 135 Å². The van der Waals surface area contributed by atoms with E-state index in [1.165, 1.54) is 30.5 Å². The molecule has 24 heavy (non-hydrogen) atoms. The molecule has 5 nitrogen and oxygen atoms in total. The first-order valence-electron chi connectivity index (χ1n) is 7.32. The number of benzene rings is 1. The number of hydrogen-bond acceptors (Lipinski definition) is 5. The van der Waals surface area contributed by atoms with Crippen LogP contribution < -0.4 is 10.1 Å². The van der Waals surface area contributed by atoms with E-state index in [2.05, 4.69) is 20.0 Å². The molecule has 0 amide bonds. The number of hydrogen-bond donors (Lipinski definition) is 1. The number of anilines is 2. The maximum absolute atomic E-state index is 12.1. The predicted octanol–water partition coefficient (Wildman–Crippen LogP) is 3.88. The lowest BCUT2D eigenvalue weighted by molar-refractivity contribution is -0.274. The Bertz CT molecular complexity index is 760. The Morgan fingerprint density at radius 2 is 1.92 bits per heavy atom. The van der Waals surface area contributed by atoms with Gasteiger partial charge >= 0.3 is 6.36 Å². The summed E-state index contributed by atoms with van der Waals surface area (Å²) in [5, 5.41) is 2.90. The zero-order valence-electron chi connectivity index (χ0n) is 12.7. The van der Waals surface area contributed by atoms with Gasteiger partial charge in [0.1, 0.15) is 5.75 Å². The summed E-state index contributed by atoms with van der Waals surface area (Å²) >= 11 is 0. The van der Waals surface area contributed by atoms with Gasteiger partial charge < -0.3 is 10.1 Å². The molecule has 0 saturated heterocycles. The molecule has 0 fully saturated rings. The minimum Gasteiger partial charge on any atom is -0.406 e. The fourth-order valence-electron chi connectivity index (χ4n) is 2.56. The smallest absolute Gasteiger partial charge is 0.406 e. The number of nitrogens with one attached hydrogen (secondary N) is 1. The van der Waals surface area contributed by atoms with Crippen LogP contribution in [0.15, 0.2) is 30.5 Å². The SMILES string of the molecule is CC1CC(=O)c2cnc(Nc3ccc(OC(F)(F)F)cc3)nc2C1. The second-order valence-electron chi connectivity index (χ2n) is 5.69. The van der Waals surface area contributed by atoms with E-state index in [1.807, 2.05) is 6.92 Å². The van der Waals surface area contributed by atoms with Gasteiger partial charge in [-0.1, -0.05) is 6.92 Å². The van der Waals surface area contributed by atoms with Gasteiger partial charge in [-0.25, -0.2) is 9.97 Å². The van der Waals surface area contributed by atoms with Crippen LogP contribution in [0.2, 0.25) is 0 Å². The largest absolute Gasteiger partial charge is 0.573 e. The zero-order valence-corrected chi connectivity index (χ0v) is 12.7. The monoisotopic (exact) mass is 337 g/mol. The summed E-state index contributed by atoms with van der Waals surface area (Å²) in [6.07, 6.45) is -2.06. The Balaban J connectivity index is 1.75. The normalized spacial score (nSPS) is 17.3. The summed E-state index contributed by atoms with van der Waals surface area (Å²) in [5.74, 6) is 0.245. The summed E-state index contributed by atoms with van der Waals surface area (Å²) in [6, 6.07) is 5.25. The lowest BCUT2D eigenvalue weighted by Gasteiger charge is -2.19. The zero-order chi connectivity index (χ0) is 17.3. The summed E-state index contributed by atoms with van der Waals surface area (Å²) < 4.78 is 40.2. The van der Waals surface area contributed by atoms with Crippen LogP contribution in [-0.4, -0.2) is 22.1 Å². The van der Waals surface area contributed by atoms with Crippen LogP contribution in [0.25, 0.3) is 0 Å². The van der Waals surface area contributed by atoms with Crippen molar-refractivity contribution >= 4 is 17.4 Å². The van der Waals surface area contributed by atoms with Crippen molar-refractivity contribution in [2.24, 2.45) is 5.92 Å². The number of rotatable bonds is 3. The molecule has 1 N–H and O–H groups in total. The second kappa shape index (κ2) is 6.10. The number of Topliss-reactive ketones (excluding diaryl/α,β-unsaturated/α-hetero) is 1. The van der Waals surface area contributed by atoms with E-state index >= 15 is 0 Å². The van der Waals surface area contributed by atoms with E-state index in [-0.39, 0.29) is 17.5 Å². The van der Waals surface area contributed by atoms with Crippen molar-refractivity contribution in [3.8, 4) is 5.75 Å². The van der Waals surface area contributed by atoms with Gasteiger partial charge in [0, 0.05) is 18.3 Å². The highest BCUT2D eigenvalue weighted by Crippen LogP contribution is 2.26. The Kier molecular flexibility index (Phi) is 4.13. The Morgan fingerprint density at radius 1 is 1.21 bits per heavy atom. The van der Waals surface area contributed by atoms with Crippen molar-refractivity contribution < 1.29 is 22.7 Å². The van der Waals surface area contributed by atoms with E-state index in [4.69, 9.17) is 0 Å². The molecule has 0 saturated carbocycles. The van der Waals surface area contributed by atoms with Crippen molar-refractivity contribution in [1.29, 1.82) is 0 Å². The third kappa shape index (κ3) is 3.81. The summed E-state index contributed by atoms with van der Waals surface area (Å²) in [4.78, 5) is 20.3. The summed E-state index contributed by atoms with van der Waals surface area (Å²) in [7, 11) is 0. The van der Waals surface area contributed by atoms with Crippen molar-refractivity contribution in [1.82, 2.24) is 9.97 Å². The quantitative estimate of drug-likeness (QED) is 0.921. The molecular weight excluding hydrogens is 323 g/mol. The van der Waals surface area contributed by atoms with Crippen LogP contribution in [-0.2, 0) is 6.42 Å². The molecule has 0 radical (unpaired) electrons. The van der Waals surface area contributed by atoms with Gasteiger partial charge in [-0.05, 0) is 36.6 Å². The van der Waals surface area contributed by atoms with E-state index in [1.54, 1.807) is 0 Å². The van der Waals surface area contributed by atoms with Crippen LogP contribution in [0.5, 0.6) is 5.75 Å². The third-order valence-corrected chi connectivity index (χ3v) is 3.59. The molecule has 1 aliphatic rings. The number of aromatic nitrogens is 2. The average Bonchev–Trinajstić information content (AvgIpc) is 2.47. The number of halogens is 3. The highest BCUT2D eigenvalue weighted by atomic mass is 19.4. The average molecular weight is 337 g/mol. The number of carbonyl (C=O) groups is 1. The van der Waals surface area contributed by atoms with Crippen molar-refractivity contribution in [3.63, 3.8) is 0 Å². The van der Waals surface area contributed by atoms with Crippen molar-refractivity contribution in [2.75, 3.05) is 5.32 Å². The topological polar surface area (TPSA) is 64.1 Å². The van der Waals surface area contributed by atoms with Gasteiger partial charge in [-0.2, -0.15) is 0 Å². The van der Waals surface area contributed by atoms with Crippen LogP contribution in [0.4, 0.5) is 24.8 Å². The second-order valence-corrected chi connectivity index (χ2v) is 5.69. The number of carbonyl (C=O) groups excluding carboxylic acids is 1. The molecule has 0 bridgehead atoms. The summed E-state index contributed by atoms with van der Waals surface area (Å²) in [5.41, 5.74) is 1.74. The molecule has 1 unspecified atom stereocenters. The lowest BCUT2D eigenvalue weighted by atomic mass is 9.88. The maximum atomic E-state index is 12.1. The molecular formula is C16H14F3N3O2. The van der Waals surface area contributed by atoms with Crippen LogP contribution >= 0.6 is 0 Å². The first-order valence-corrected chi connectivity index (χ1v) is 7.32. The molecule has 8 heteroatoms. The van der Waals surface area contributed by atoms with Gasteiger partial charge in [-0.15, -0.1) is 13.2 Å². The molecule has 0 spiro atoms. The van der Waals surface area contributed by atoms with Gasteiger partial charge in [0.2, 0.25) is 5.95 Å². The van der Waals surface area contributed by atoms with E-state index < -0.39 is 6.36 Å². The van der Waals surface area contributed by atoms with Crippen LogP contribution in [0.3, 0.4) is 0 Å². The maximum Gasteiger partial charge on any atom is 0.573 e. The molecule has 1 atom stereocenters. The molecule has 2 aromatic rings. The van der Waals surface area contributed by atoms with E-state index in [9.17, 15) is 18.0 Å². The fourth-order valence-corrected chi connectivity index (χ4v) is 2.56. The van der Waals surface area contributed by atoms with Gasteiger partial charge in [0.25, 0.3) is 0 Å². The molecule has 126 valence electrons. The van der Waals surface area contributed by atoms with Crippen molar-refractivity contribution in [3.05, 3.63) is 41.7 Å². The Hall–Kier alpha value is -2.64. The van der Waals surface area contributed by atoms with Crippen LogP contribution in [0.1, 0.15) is 29.4 Å². The number of ketones is 1. The standard InChI is InChI=1S/C16H14F3N3O2/c1-9-6-13-12(14(23)7-9)8-20-15(22-13)21-10-2-4-11(5-3-10)24-16(17,18)19/h2-5,8-9H,6-7H2,1H3,(H,20,21,22). The third-order valence-electron chi connectivity index (χ3n) is 3.59. The predicted molar refractivity (Wildman–Crippen MR) is 80.3 cm³/mol. The fraction of sp³-hybridized carbons (Fsp3) is 0.312. The van der Waals surface area contributed by atoms with E-state index in [0.717, 1.165) is 0 Å². The highest BCUT2D eigenvalue weighted by molar-refractivity contribution is 5.98. The molecule has 1 aromatic heterocycles. The molecule has 3 rings (SSSR count). The number of alkyl halides is 3. The molecule has 1 aliphatic carbocycles. The number of fused-ring (bicyclic) bond motifs is 1. The van der Waals surface area contributed by atoms with Crippen LogP contribution in [0, 0.1) is 5.92 Å². The molecule has 0 aliphatic heterocycles. The Morgan fingerprint density at radius 3 is 2.58 bits per heavy atom. The first-order chi connectivity index (χ1) is 11.3. The minimum atomic E-state index is -4.72. The lowest BCUT2D eigenvalue weighted by Crippen LogP contribution is -2.20. The number of ether oxygens (including phenoxy) is 1. The van der Waals surface area contributed by atoms with Crippen molar-refractivity contribution in [2.45, 2.75) is 26.1 Å². The number of nitrogens with zero attached hydrogens (tertiary/aromatic N) is 2. The first kappa shape index (κ1) is 16.2. The van der Waals surface area contributed by atoms with E-state index in [0.29, 0.717) is 35.7 Å². The highest BCUT2D eigenvalue weighted by Gasteiger charge is 2.31.